The predicted octanol–water partition coefficient (Wildman–Crippen LogP) is 2.43. The van der Waals surface area contributed by atoms with E-state index in [9.17, 15) is 19.5 Å². The third-order valence-electron chi connectivity index (χ3n) is 7.87. The molecule has 0 aliphatic carbocycles. The fourth-order valence-corrected chi connectivity index (χ4v) is 6.15. The summed E-state index contributed by atoms with van der Waals surface area (Å²) in [6.07, 6.45) is 2.08. The second-order valence-electron chi connectivity index (χ2n) is 11.9. The van der Waals surface area contributed by atoms with E-state index in [1.165, 1.54) is 4.90 Å². The number of benzene rings is 1. The van der Waals surface area contributed by atoms with Gasteiger partial charge in [-0.3, -0.25) is 14.4 Å². The Labute approximate surface area is 214 Å². The number of rotatable bonds is 7. The van der Waals surface area contributed by atoms with Crippen LogP contribution in [0.15, 0.2) is 18.2 Å². The molecule has 0 radical (unpaired) electrons. The average molecular weight is 500 g/mol. The van der Waals surface area contributed by atoms with Crippen molar-refractivity contribution in [1.29, 1.82) is 0 Å². The van der Waals surface area contributed by atoms with Crippen molar-refractivity contribution in [3.8, 4) is 0 Å². The van der Waals surface area contributed by atoms with Crippen LogP contribution < -0.4 is 5.73 Å². The van der Waals surface area contributed by atoms with E-state index in [1.54, 1.807) is 6.07 Å². The molecule has 3 fully saturated rings. The molecular formula is C28H41N3O5. The first-order valence-electron chi connectivity index (χ1n) is 13.3. The van der Waals surface area contributed by atoms with Gasteiger partial charge in [-0.15, -0.1) is 0 Å². The van der Waals surface area contributed by atoms with E-state index >= 15 is 0 Å². The number of ketones is 1. The van der Waals surface area contributed by atoms with Crippen LogP contribution in [0.25, 0.3) is 0 Å². The number of nitrogens with two attached hydrogens (primary N) is 1. The lowest BCUT2D eigenvalue weighted by Crippen LogP contribution is -2.45. The zero-order valence-corrected chi connectivity index (χ0v) is 22.0. The SMILES string of the molecule is CCCN1CCC(c2ccc(C(N)=O)c([C@H](CC(C)(C)C)C(=O)N3C[C@@H](O)[C@H]4OCC(=O)[C@H]43)c2)CC1. The van der Waals surface area contributed by atoms with E-state index in [4.69, 9.17) is 10.5 Å². The zero-order valence-electron chi connectivity index (χ0n) is 22.0. The van der Waals surface area contributed by atoms with E-state index in [-0.39, 0.29) is 30.3 Å². The number of aliphatic hydroxyl groups is 1. The lowest BCUT2D eigenvalue weighted by atomic mass is 9.77. The largest absolute Gasteiger partial charge is 0.388 e. The third-order valence-corrected chi connectivity index (χ3v) is 7.87. The number of likely N-dealkylation sites (tertiary alicyclic amines) is 2. The number of primary amides is 1. The molecule has 198 valence electrons. The first kappa shape index (κ1) is 26.8. The van der Waals surface area contributed by atoms with Gasteiger partial charge in [-0.25, -0.2) is 0 Å². The molecule has 0 spiro atoms. The van der Waals surface area contributed by atoms with Gasteiger partial charge in [-0.1, -0.05) is 39.8 Å². The number of carbonyl (C=O) groups excluding carboxylic acids is 3. The van der Waals surface area contributed by atoms with Crippen LogP contribution in [-0.4, -0.2) is 83.5 Å². The normalized spacial score (nSPS) is 26.3. The molecule has 3 saturated heterocycles. The highest BCUT2D eigenvalue weighted by molar-refractivity contribution is 5.99. The summed E-state index contributed by atoms with van der Waals surface area (Å²) in [6, 6.07) is 4.97. The highest BCUT2D eigenvalue weighted by atomic mass is 16.5. The third kappa shape index (κ3) is 5.50. The van der Waals surface area contributed by atoms with Gasteiger partial charge in [0.05, 0.1) is 12.5 Å². The first-order chi connectivity index (χ1) is 17.0. The topological polar surface area (TPSA) is 113 Å². The molecule has 4 rings (SSSR count). The molecule has 0 aromatic heterocycles. The van der Waals surface area contributed by atoms with Crippen molar-refractivity contribution in [3.05, 3.63) is 34.9 Å². The van der Waals surface area contributed by atoms with Gasteiger partial charge in [-0.05, 0) is 73.8 Å². The molecule has 1 aromatic rings. The number of ether oxygens (including phenoxy) is 1. The van der Waals surface area contributed by atoms with E-state index in [1.807, 2.05) is 12.1 Å². The molecule has 8 nitrogen and oxygen atoms in total. The summed E-state index contributed by atoms with van der Waals surface area (Å²) in [5.74, 6) is -1.32. The maximum absolute atomic E-state index is 14.1. The highest BCUT2D eigenvalue weighted by Gasteiger charge is 2.53. The van der Waals surface area contributed by atoms with E-state index in [0.29, 0.717) is 23.5 Å². The Morgan fingerprint density at radius 1 is 1.22 bits per heavy atom. The van der Waals surface area contributed by atoms with Crippen molar-refractivity contribution >= 4 is 17.6 Å². The molecule has 0 unspecified atom stereocenters. The first-order valence-corrected chi connectivity index (χ1v) is 13.3. The van der Waals surface area contributed by atoms with Crippen molar-refractivity contribution < 1.29 is 24.2 Å². The zero-order chi connectivity index (χ0) is 26.2. The van der Waals surface area contributed by atoms with Gasteiger partial charge in [0.25, 0.3) is 0 Å². The number of amides is 2. The summed E-state index contributed by atoms with van der Waals surface area (Å²) < 4.78 is 5.48. The van der Waals surface area contributed by atoms with Gasteiger partial charge in [-0.2, -0.15) is 0 Å². The Morgan fingerprint density at radius 2 is 1.92 bits per heavy atom. The molecule has 0 saturated carbocycles. The molecule has 2 amide bonds. The Morgan fingerprint density at radius 3 is 2.53 bits per heavy atom. The van der Waals surface area contributed by atoms with E-state index < -0.39 is 30.1 Å². The smallest absolute Gasteiger partial charge is 0.249 e. The van der Waals surface area contributed by atoms with Gasteiger partial charge < -0.3 is 25.4 Å². The standard InChI is InChI=1S/C28H41N3O5/c1-5-10-30-11-8-17(9-12-30)18-6-7-19(26(29)34)20(13-18)21(14-28(2,3)4)27(35)31-15-22(32)25-24(31)23(33)16-36-25/h6-7,13,17,21-22,24-25,32H,5,8-12,14-16H2,1-4H3,(H2,29,34)/t21-,22+,24+,25+/m0/s1. The van der Waals surface area contributed by atoms with Crippen molar-refractivity contribution in [2.24, 2.45) is 11.1 Å². The minimum atomic E-state index is -0.907. The van der Waals surface area contributed by atoms with Crippen molar-refractivity contribution in [1.82, 2.24) is 9.80 Å². The number of fused-ring (bicyclic) bond motifs is 1. The fraction of sp³-hybridized carbons (Fsp3) is 0.679. The summed E-state index contributed by atoms with van der Waals surface area (Å²) in [6.45, 7) is 11.5. The number of β-amino-alcohol motifs (C(OH)–C–C–N with tert-alkyl or cyclic N) is 1. The minimum Gasteiger partial charge on any atom is -0.388 e. The van der Waals surface area contributed by atoms with E-state index in [2.05, 4.69) is 32.6 Å². The van der Waals surface area contributed by atoms with Crippen molar-refractivity contribution in [2.75, 3.05) is 32.8 Å². The summed E-state index contributed by atoms with van der Waals surface area (Å²) in [4.78, 5) is 43.1. The van der Waals surface area contributed by atoms with Crippen LogP contribution in [0.1, 0.15) is 86.7 Å². The fourth-order valence-electron chi connectivity index (χ4n) is 6.15. The molecule has 3 N–H and O–H groups in total. The van der Waals surface area contributed by atoms with Crippen LogP contribution in [0.4, 0.5) is 0 Å². The number of nitrogens with zero attached hydrogens (tertiary/aromatic N) is 2. The molecule has 3 aliphatic rings. The van der Waals surface area contributed by atoms with Gasteiger partial charge >= 0.3 is 0 Å². The number of hydrogen-bond donors (Lipinski definition) is 2. The molecule has 1 aromatic carbocycles. The molecule has 3 aliphatic heterocycles. The Balaban J connectivity index is 1.69. The number of hydrogen-bond acceptors (Lipinski definition) is 6. The maximum Gasteiger partial charge on any atom is 0.249 e. The van der Waals surface area contributed by atoms with Crippen LogP contribution in [0.3, 0.4) is 0 Å². The molecule has 4 atom stereocenters. The van der Waals surface area contributed by atoms with Gasteiger partial charge in [0.15, 0.2) is 5.78 Å². The minimum absolute atomic E-state index is 0.0437. The quantitative estimate of drug-likeness (QED) is 0.596. The average Bonchev–Trinajstić information content (AvgIpc) is 3.37. The van der Waals surface area contributed by atoms with Crippen LogP contribution in [0, 0.1) is 5.41 Å². The summed E-state index contributed by atoms with van der Waals surface area (Å²) in [7, 11) is 0. The lowest BCUT2D eigenvalue weighted by molar-refractivity contribution is -0.138. The Bertz CT molecular complexity index is 995. The number of aliphatic hydroxyl groups excluding tert-OH is 1. The number of carbonyl (C=O) groups is 3. The second kappa shape index (κ2) is 10.6. The van der Waals surface area contributed by atoms with Crippen LogP contribution >= 0.6 is 0 Å². The van der Waals surface area contributed by atoms with E-state index in [0.717, 1.165) is 44.5 Å². The van der Waals surface area contributed by atoms with Gasteiger partial charge in [0, 0.05) is 5.56 Å². The maximum atomic E-state index is 14.1. The Kier molecular flexibility index (Phi) is 7.88. The van der Waals surface area contributed by atoms with Crippen LogP contribution in [0.2, 0.25) is 0 Å². The summed E-state index contributed by atoms with van der Waals surface area (Å²) in [5.41, 5.74) is 7.65. The molecule has 0 bridgehead atoms. The molecule has 8 heteroatoms. The molecule has 36 heavy (non-hydrogen) atoms. The molecular weight excluding hydrogens is 458 g/mol. The monoisotopic (exact) mass is 499 g/mol. The van der Waals surface area contributed by atoms with Crippen molar-refractivity contribution in [3.63, 3.8) is 0 Å². The van der Waals surface area contributed by atoms with Crippen molar-refractivity contribution in [2.45, 2.75) is 83.5 Å². The van der Waals surface area contributed by atoms with Gasteiger partial charge in [0.2, 0.25) is 11.8 Å². The second-order valence-corrected chi connectivity index (χ2v) is 11.9. The number of piperidine rings is 1. The highest BCUT2D eigenvalue weighted by Crippen LogP contribution is 2.39. The van der Waals surface area contributed by atoms with Crippen LogP contribution in [0.5, 0.6) is 0 Å². The Hall–Kier alpha value is -2.29. The lowest BCUT2D eigenvalue weighted by Gasteiger charge is -2.34. The van der Waals surface area contributed by atoms with Gasteiger partial charge in [0.1, 0.15) is 24.9 Å². The molecule has 3 heterocycles. The number of Topliss-reactive ketones (excluding diaryl/α,β-unsaturated/α-hetero) is 1. The predicted molar refractivity (Wildman–Crippen MR) is 137 cm³/mol. The summed E-state index contributed by atoms with van der Waals surface area (Å²) in [5, 5.41) is 10.5. The van der Waals surface area contributed by atoms with Crippen LogP contribution in [-0.2, 0) is 14.3 Å². The summed E-state index contributed by atoms with van der Waals surface area (Å²) >= 11 is 0.